The summed E-state index contributed by atoms with van der Waals surface area (Å²) in [5.74, 6) is -0.899. The molecule has 10 nitrogen and oxygen atoms in total. The smallest absolute Gasteiger partial charge is 0.338 e. The first-order valence-corrected chi connectivity index (χ1v) is 5.66. The molecule has 1 aromatic carbocycles. The van der Waals surface area contributed by atoms with Crippen molar-refractivity contribution in [1.82, 2.24) is 0 Å². The Morgan fingerprint density at radius 3 is 2.76 bits per heavy atom. The number of benzene rings is 1. The Morgan fingerprint density at radius 1 is 1.57 bits per heavy atom. The SMILES string of the molecule is COC(=O)c1cc([N+](=O)[O-])ccc1C(O)C(O)CN=[N+]=[N-]. The molecule has 0 aromatic heterocycles. The molecule has 2 atom stereocenters. The number of aliphatic hydroxyl groups excluding tert-OH is 2. The van der Waals surface area contributed by atoms with Crippen LogP contribution >= 0.6 is 0 Å². The standard InChI is InChI=1S/C11H12N4O6/c1-21-11(18)8-4-6(15(19)20)2-3-7(8)10(17)9(16)5-13-14-12/h2-4,9-10,16-17H,5H2,1H3. The van der Waals surface area contributed by atoms with Gasteiger partial charge in [0.05, 0.1) is 30.2 Å². The highest BCUT2D eigenvalue weighted by Crippen LogP contribution is 2.26. The normalized spacial score (nSPS) is 12.9. The van der Waals surface area contributed by atoms with Crippen molar-refractivity contribution < 1.29 is 24.7 Å². The predicted octanol–water partition coefficient (Wildman–Crippen LogP) is 1.09. The van der Waals surface area contributed by atoms with Gasteiger partial charge in [0.25, 0.3) is 5.69 Å². The zero-order chi connectivity index (χ0) is 16.0. The lowest BCUT2D eigenvalue weighted by molar-refractivity contribution is -0.384. The molecule has 0 saturated heterocycles. The highest BCUT2D eigenvalue weighted by Gasteiger charge is 2.25. The van der Waals surface area contributed by atoms with E-state index in [1.807, 2.05) is 0 Å². The van der Waals surface area contributed by atoms with E-state index in [4.69, 9.17) is 5.53 Å². The second-order valence-electron chi connectivity index (χ2n) is 3.95. The molecule has 0 saturated carbocycles. The molecule has 0 bridgehead atoms. The Hall–Kier alpha value is -2.68. The Balaban J connectivity index is 3.24. The largest absolute Gasteiger partial charge is 0.465 e. The molecule has 0 amide bonds. The summed E-state index contributed by atoms with van der Waals surface area (Å²) in [5, 5.41) is 33.4. The van der Waals surface area contributed by atoms with E-state index in [0.29, 0.717) is 0 Å². The molecule has 2 N–H and O–H groups in total. The molecule has 0 spiro atoms. The van der Waals surface area contributed by atoms with Crippen LogP contribution in [-0.4, -0.2) is 40.9 Å². The maximum absolute atomic E-state index is 11.6. The van der Waals surface area contributed by atoms with Crippen molar-refractivity contribution in [2.24, 2.45) is 5.11 Å². The summed E-state index contributed by atoms with van der Waals surface area (Å²) in [6, 6.07) is 3.14. The monoisotopic (exact) mass is 296 g/mol. The van der Waals surface area contributed by atoms with Gasteiger partial charge in [-0.1, -0.05) is 5.11 Å². The van der Waals surface area contributed by atoms with Crippen molar-refractivity contribution >= 4 is 11.7 Å². The fourth-order valence-corrected chi connectivity index (χ4v) is 1.63. The molecule has 2 unspecified atom stereocenters. The number of azide groups is 1. The molecule has 0 radical (unpaired) electrons. The number of methoxy groups -OCH3 is 1. The van der Waals surface area contributed by atoms with E-state index >= 15 is 0 Å². The van der Waals surface area contributed by atoms with E-state index in [-0.39, 0.29) is 16.8 Å². The van der Waals surface area contributed by atoms with Crippen LogP contribution in [0.25, 0.3) is 10.4 Å². The first-order valence-electron chi connectivity index (χ1n) is 5.66. The van der Waals surface area contributed by atoms with E-state index in [0.717, 1.165) is 25.3 Å². The average Bonchev–Trinajstić information content (AvgIpc) is 2.50. The summed E-state index contributed by atoms with van der Waals surface area (Å²) >= 11 is 0. The fraction of sp³-hybridized carbons (Fsp3) is 0.364. The molecule has 0 aliphatic rings. The molecule has 0 fully saturated rings. The molecular weight excluding hydrogens is 284 g/mol. The summed E-state index contributed by atoms with van der Waals surface area (Å²) < 4.78 is 4.49. The van der Waals surface area contributed by atoms with E-state index < -0.39 is 29.6 Å². The van der Waals surface area contributed by atoms with Gasteiger partial charge in [-0.15, -0.1) is 0 Å². The van der Waals surface area contributed by atoms with Gasteiger partial charge in [0, 0.05) is 17.0 Å². The van der Waals surface area contributed by atoms with Crippen molar-refractivity contribution in [1.29, 1.82) is 0 Å². The van der Waals surface area contributed by atoms with Crippen LogP contribution in [0.2, 0.25) is 0 Å². The van der Waals surface area contributed by atoms with Gasteiger partial charge < -0.3 is 14.9 Å². The Morgan fingerprint density at radius 2 is 2.24 bits per heavy atom. The van der Waals surface area contributed by atoms with Crippen LogP contribution in [0.3, 0.4) is 0 Å². The van der Waals surface area contributed by atoms with Crippen molar-refractivity contribution in [2.45, 2.75) is 12.2 Å². The highest BCUT2D eigenvalue weighted by molar-refractivity contribution is 5.92. The van der Waals surface area contributed by atoms with Crippen molar-refractivity contribution in [3.05, 3.63) is 49.9 Å². The number of non-ortho nitro benzene ring substituents is 1. The average molecular weight is 296 g/mol. The predicted molar refractivity (Wildman–Crippen MR) is 69.4 cm³/mol. The fourth-order valence-electron chi connectivity index (χ4n) is 1.63. The van der Waals surface area contributed by atoms with Crippen molar-refractivity contribution in [3.63, 3.8) is 0 Å². The van der Waals surface area contributed by atoms with Gasteiger partial charge in [-0.3, -0.25) is 10.1 Å². The number of carbonyl (C=O) groups is 1. The van der Waals surface area contributed by atoms with Gasteiger partial charge in [0.2, 0.25) is 0 Å². The van der Waals surface area contributed by atoms with E-state index in [9.17, 15) is 25.1 Å². The van der Waals surface area contributed by atoms with Crippen LogP contribution < -0.4 is 0 Å². The highest BCUT2D eigenvalue weighted by atomic mass is 16.6. The molecule has 0 heterocycles. The number of aliphatic hydroxyl groups is 2. The zero-order valence-electron chi connectivity index (χ0n) is 10.9. The Bertz CT molecular complexity index is 598. The number of hydrogen-bond acceptors (Lipinski definition) is 7. The number of hydrogen-bond donors (Lipinski definition) is 2. The van der Waals surface area contributed by atoms with Crippen LogP contribution in [0.5, 0.6) is 0 Å². The summed E-state index contributed by atoms with van der Waals surface area (Å²) in [4.78, 5) is 24.1. The molecule has 1 rings (SSSR count). The van der Waals surface area contributed by atoms with Crippen LogP contribution in [0.1, 0.15) is 22.0 Å². The van der Waals surface area contributed by atoms with Crippen LogP contribution in [0.15, 0.2) is 23.3 Å². The van der Waals surface area contributed by atoms with Crippen LogP contribution in [0.4, 0.5) is 5.69 Å². The number of nitro groups is 1. The van der Waals surface area contributed by atoms with E-state index in [1.54, 1.807) is 0 Å². The summed E-state index contributed by atoms with van der Waals surface area (Å²) in [7, 11) is 1.08. The maximum atomic E-state index is 11.6. The second-order valence-corrected chi connectivity index (χ2v) is 3.95. The minimum absolute atomic E-state index is 0.0620. The first-order chi connectivity index (χ1) is 9.92. The number of carbonyl (C=O) groups excluding carboxylic acids is 1. The number of rotatable bonds is 6. The third-order valence-corrected chi connectivity index (χ3v) is 2.67. The number of esters is 1. The quantitative estimate of drug-likeness (QED) is 0.199. The van der Waals surface area contributed by atoms with Crippen LogP contribution in [0, 0.1) is 10.1 Å². The summed E-state index contributed by atoms with van der Waals surface area (Å²) in [5.41, 5.74) is 7.48. The second kappa shape index (κ2) is 7.20. The Kier molecular flexibility index (Phi) is 5.61. The van der Waals surface area contributed by atoms with Gasteiger partial charge in [-0.2, -0.15) is 0 Å². The maximum Gasteiger partial charge on any atom is 0.338 e. The third kappa shape index (κ3) is 3.89. The lowest BCUT2D eigenvalue weighted by Gasteiger charge is -2.18. The van der Waals surface area contributed by atoms with Gasteiger partial charge in [-0.25, -0.2) is 4.79 Å². The zero-order valence-corrected chi connectivity index (χ0v) is 10.9. The van der Waals surface area contributed by atoms with Crippen molar-refractivity contribution in [3.8, 4) is 0 Å². The van der Waals surface area contributed by atoms with Gasteiger partial charge >= 0.3 is 5.97 Å². The Labute approximate surface area is 118 Å². The van der Waals surface area contributed by atoms with E-state index in [1.165, 1.54) is 0 Å². The topological polar surface area (TPSA) is 159 Å². The lowest BCUT2D eigenvalue weighted by atomic mass is 9.98. The van der Waals surface area contributed by atoms with Crippen LogP contribution in [-0.2, 0) is 4.74 Å². The minimum Gasteiger partial charge on any atom is -0.465 e. The molecule has 112 valence electrons. The first kappa shape index (κ1) is 16.4. The van der Waals surface area contributed by atoms with E-state index in [2.05, 4.69) is 14.8 Å². The van der Waals surface area contributed by atoms with Gasteiger partial charge in [-0.05, 0) is 17.2 Å². The molecular formula is C11H12N4O6. The molecule has 0 aliphatic heterocycles. The minimum atomic E-state index is -1.56. The lowest BCUT2D eigenvalue weighted by Crippen LogP contribution is -2.23. The molecule has 10 heteroatoms. The van der Waals surface area contributed by atoms with Gasteiger partial charge in [0.1, 0.15) is 6.10 Å². The number of nitrogens with zero attached hydrogens (tertiary/aromatic N) is 4. The van der Waals surface area contributed by atoms with Gasteiger partial charge in [0.15, 0.2) is 0 Å². The number of ether oxygens (including phenoxy) is 1. The molecule has 0 aliphatic carbocycles. The summed E-state index contributed by atoms with van der Waals surface area (Å²) in [6.07, 6.45) is -3.03. The molecule has 1 aromatic rings. The molecule has 21 heavy (non-hydrogen) atoms. The third-order valence-electron chi connectivity index (χ3n) is 2.67. The summed E-state index contributed by atoms with van der Waals surface area (Å²) in [6.45, 7) is -0.421. The number of nitro benzene ring substituents is 1. The van der Waals surface area contributed by atoms with Crippen molar-refractivity contribution in [2.75, 3.05) is 13.7 Å².